The van der Waals surface area contributed by atoms with Crippen molar-refractivity contribution >= 4 is 16.0 Å². The van der Waals surface area contributed by atoms with Crippen LogP contribution in [0.15, 0.2) is 35.2 Å². The number of aromatic nitrogens is 2. The second-order valence-corrected chi connectivity index (χ2v) is 9.44. The van der Waals surface area contributed by atoms with Gasteiger partial charge in [0.25, 0.3) is 0 Å². The van der Waals surface area contributed by atoms with Gasteiger partial charge in [-0.3, -0.25) is 0 Å². The van der Waals surface area contributed by atoms with Gasteiger partial charge in [0, 0.05) is 38.4 Å². The number of sulfonamides is 1. The molecule has 0 unspecified atom stereocenters. The summed E-state index contributed by atoms with van der Waals surface area (Å²) in [5, 5.41) is 0. The molecule has 1 aromatic carbocycles. The Balaban J connectivity index is 1.73. The highest BCUT2D eigenvalue weighted by atomic mass is 32.2. The molecule has 27 heavy (non-hydrogen) atoms. The Kier molecular flexibility index (Phi) is 4.44. The monoisotopic (exact) mass is 388 g/mol. The molecule has 0 amide bonds. The second-order valence-electron chi connectivity index (χ2n) is 7.51. The molecule has 144 valence electrons. The number of hydrogen-bond donors (Lipinski definition) is 0. The molecule has 4 rings (SSSR count). The molecule has 2 aliphatic heterocycles. The molecule has 0 radical (unpaired) electrons. The largest absolute Gasteiger partial charge is 0.376 e. The van der Waals surface area contributed by atoms with E-state index in [1.54, 1.807) is 28.6 Å². The zero-order valence-corrected chi connectivity index (χ0v) is 16.7. The second kappa shape index (κ2) is 6.54. The molecule has 0 bridgehead atoms. The van der Waals surface area contributed by atoms with Crippen molar-refractivity contribution in [3.8, 4) is 0 Å². The van der Waals surface area contributed by atoms with E-state index >= 15 is 0 Å². The summed E-state index contributed by atoms with van der Waals surface area (Å²) in [6.45, 7) is 3.75. The van der Waals surface area contributed by atoms with Gasteiger partial charge in [-0.05, 0) is 25.5 Å². The Morgan fingerprint density at radius 3 is 2.63 bits per heavy atom. The minimum Gasteiger partial charge on any atom is -0.376 e. The molecule has 0 N–H and O–H groups in total. The molecule has 3 heterocycles. The number of rotatable bonds is 3. The van der Waals surface area contributed by atoms with Gasteiger partial charge in [0.05, 0.1) is 29.2 Å². The van der Waals surface area contributed by atoms with E-state index in [0.717, 1.165) is 17.0 Å². The number of nitrogens with zero attached hydrogens (tertiary/aromatic N) is 4. The zero-order valence-electron chi connectivity index (χ0n) is 15.8. The molecule has 2 aromatic rings. The maximum Gasteiger partial charge on any atom is 0.243 e. The zero-order chi connectivity index (χ0) is 19.2. The minimum absolute atomic E-state index is 0.326. The van der Waals surface area contributed by atoms with Gasteiger partial charge in [-0.15, -0.1) is 0 Å². The fourth-order valence-corrected chi connectivity index (χ4v) is 5.45. The van der Waals surface area contributed by atoms with Crippen LogP contribution < -0.4 is 4.90 Å². The number of fused-ring (bicyclic) bond motifs is 2. The average molecular weight is 388 g/mol. The van der Waals surface area contributed by atoms with E-state index < -0.39 is 15.4 Å². The summed E-state index contributed by atoms with van der Waals surface area (Å²) in [6.07, 6.45) is 0.690. The van der Waals surface area contributed by atoms with Crippen molar-refractivity contribution in [2.45, 2.75) is 30.3 Å². The van der Waals surface area contributed by atoms with E-state index in [-0.39, 0.29) is 0 Å². The van der Waals surface area contributed by atoms with Crippen LogP contribution in [-0.4, -0.2) is 56.5 Å². The first-order valence-corrected chi connectivity index (χ1v) is 10.5. The number of ether oxygens (including phenoxy) is 1. The molecule has 1 saturated heterocycles. The SMILES string of the molecule is Cc1nc(N(C)C)nc2c1COC[C@@]21CCN(S(=O)(=O)c2ccccc2)C1. The van der Waals surface area contributed by atoms with E-state index in [4.69, 9.17) is 9.72 Å². The fourth-order valence-electron chi connectivity index (χ4n) is 3.90. The molecule has 8 heteroatoms. The summed E-state index contributed by atoms with van der Waals surface area (Å²) < 4.78 is 33.5. The molecule has 1 aromatic heterocycles. The molecular weight excluding hydrogens is 364 g/mol. The third kappa shape index (κ3) is 3.01. The van der Waals surface area contributed by atoms with Crippen molar-refractivity contribution in [1.82, 2.24) is 14.3 Å². The lowest BCUT2D eigenvalue weighted by Crippen LogP contribution is -2.42. The normalized spacial score (nSPS) is 22.8. The lowest BCUT2D eigenvalue weighted by molar-refractivity contribution is 0.0526. The first-order valence-electron chi connectivity index (χ1n) is 9.02. The number of anilines is 1. The molecule has 2 aliphatic rings. The van der Waals surface area contributed by atoms with Crippen LogP contribution in [0, 0.1) is 6.92 Å². The standard InChI is InChI=1S/C19H24N4O3S/c1-14-16-11-26-13-19(17(16)21-18(20-14)22(2)3)9-10-23(12-19)27(24,25)15-7-5-4-6-8-15/h4-8H,9-13H2,1-3H3/t19-/m0/s1. The van der Waals surface area contributed by atoms with Crippen LogP contribution in [0.25, 0.3) is 0 Å². The van der Waals surface area contributed by atoms with Gasteiger partial charge >= 0.3 is 0 Å². The molecular formula is C19H24N4O3S. The highest BCUT2D eigenvalue weighted by Crippen LogP contribution is 2.41. The lowest BCUT2D eigenvalue weighted by atomic mass is 9.80. The maximum absolute atomic E-state index is 13.1. The van der Waals surface area contributed by atoms with Gasteiger partial charge in [-0.1, -0.05) is 18.2 Å². The summed E-state index contributed by atoms with van der Waals surface area (Å²) >= 11 is 0. The quantitative estimate of drug-likeness (QED) is 0.797. The average Bonchev–Trinajstić information content (AvgIpc) is 3.09. The predicted molar refractivity (Wildman–Crippen MR) is 102 cm³/mol. The molecule has 7 nitrogen and oxygen atoms in total. The van der Waals surface area contributed by atoms with Gasteiger partial charge in [0.1, 0.15) is 0 Å². The highest BCUT2D eigenvalue weighted by Gasteiger charge is 2.48. The Bertz CT molecular complexity index is 962. The van der Waals surface area contributed by atoms with E-state index in [0.29, 0.717) is 43.6 Å². The summed E-state index contributed by atoms with van der Waals surface area (Å²) in [7, 11) is 0.292. The molecule has 1 spiro atoms. The van der Waals surface area contributed by atoms with Crippen molar-refractivity contribution in [2.24, 2.45) is 0 Å². The van der Waals surface area contributed by atoms with Crippen LogP contribution in [0.3, 0.4) is 0 Å². The number of aryl methyl sites for hydroxylation is 1. The maximum atomic E-state index is 13.1. The van der Waals surface area contributed by atoms with Crippen molar-refractivity contribution in [3.63, 3.8) is 0 Å². The summed E-state index contributed by atoms with van der Waals surface area (Å²) in [5.74, 6) is 0.650. The van der Waals surface area contributed by atoms with Crippen LogP contribution in [-0.2, 0) is 26.8 Å². The molecule has 1 fully saturated rings. The van der Waals surface area contributed by atoms with E-state index in [9.17, 15) is 8.42 Å². The Morgan fingerprint density at radius 2 is 1.93 bits per heavy atom. The van der Waals surface area contributed by atoms with Crippen molar-refractivity contribution in [2.75, 3.05) is 38.7 Å². The van der Waals surface area contributed by atoms with Crippen LogP contribution in [0.2, 0.25) is 0 Å². The van der Waals surface area contributed by atoms with Crippen LogP contribution >= 0.6 is 0 Å². The topological polar surface area (TPSA) is 75.6 Å². The molecule has 1 atom stereocenters. The first kappa shape index (κ1) is 18.3. The summed E-state index contributed by atoms with van der Waals surface area (Å²) in [6, 6.07) is 8.60. The fraction of sp³-hybridized carbons (Fsp3) is 0.474. The predicted octanol–water partition coefficient (Wildman–Crippen LogP) is 1.71. The highest BCUT2D eigenvalue weighted by molar-refractivity contribution is 7.89. The Morgan fingerprint density at radius 1 is 1.19 bits per heavy atom. The van der Waals surface area contributed by atoms with Crippen LogP contribution in [0.1, 0.15) is 23.4 Å². The van der Waals surface area contributed by atoms with Gasteiger partial charge in [-0.2, -0.15) is 4.31 Å². The number of benzene rings is 1. The first-order chi connectivity index (χ1) is 12.8. The third-order valence-electron chi connectivity index (χ3n) is 5.43. The van der Waals surface area contributed by atoms with Crippen LogP contribution in [0.5, 0.6) is 0 Å². The van der Waals surface area contributed by atoms with Gasteiger partial charge in [0.2, 0.25) is 16.0 Å². The van der Waals surface area contributed by atoms with E-state index in [1.165, 1.54) is 0 Å². The van der Waals surface area contributed by atoms with Gasteiger partial charge in [0.15, 0.2) is 0 Å². The molecule has 0 saturated carbocycles. The Hall–Kier alpha value is -2.03. The van der Waals surface area contributed by atoms with Crippen molar-refractivity contribution in [1.29, 1.82) is 0 Å². The van der Waals surface area contributed by atoms with Crippen molar-refractivity contribution < 1.29 is 13.2 Å². The summed E-state index contributed by atoms with van der Waals surface area (Å²) in [5.41, 5.74) is 2.40. The van der Waals surface area contributed by atoms with E-state index in [1.807, 2.05) is 32.0 Å². The van der Waals surface area contributed by atoms with Gasteiger partial charge < -0.3 is 9.64 Å². The number of hydrogen-bond acceptors (Lipinski definition) is 6. The van der Waals surface area contributed by atoms with Gasteiger partial charge in [-0.25, -0.2) is 18.4 Å². The minimum atomic E-state index is -3.53. The van der Waals surface area contributed by atoms with Crippen molar-refractivity contribution in [3.05, 3.63) is 47.3 Å². The molecule has 0 aliphatic carbocycles. The lowest BCUT2D eigenvalue weighted by Gasteiger charge is -2.35. The summed E-state index contributed by atoms with van der Waals surface area (Å²) in [4.78, 5) is 11.6. The smallest absolute Gasteiger partial charge is 0.243 e. The Labute approximate surface area is 160 Å². The third-order valence-corrected chi connectivity index (χ3v) is 7.29. The van der Waals surface area contributed by atoms with E-state index in [2.05, 4.69) is 4.98 Å². The van der Waals surface area contributed by atoms with Crippen LogP contribution in [0.4, 0.5) is 5.95 Å².